The number of alkyl carbamates (subject to hydrolysis) is 1. The molecule has 1 aromatic carbocycles. The number of benzene rings is 1. The maximum absolute atomic E-state index is 11.6. The van der Waals surface area contributed by atoms with Gasteiger partial charge in [0.25, 0.3) is 0 Å². The van der Waals surface area contributed by atoms with Crippen LogP contribution in [0.25, 0.3) is 0 Å². The normalized spacial score (nSPS) is 11.1. The smallest absolute Gasteiger partial charge is 0.407 e. The number of aryl methyl sites for hydroxylation is 1. The fourth-order valence-corrected chi connectivity index (χ4v) is 2.93. The number of carbonyl (C=O) groups excluding carboxylic acids is 3. The highest BCUT2D eigenvalue weighted by Crippen LogP contribution is 2.14. The van der Waals surface area contributed by atoms with Crippen molar-refractivity contribution in [2.45, 2.75) is 64.5 Å². The van der Waals surface area contributed by atoms with E-state index in [4.69, 9.17) is 9.47 Å². The minimum atomic E-state index is -0.488. The summed E-state index contributed by atoms with van der Waals surface area (Å²) in [5, 5.41) is 5.89. The van der Waals surface area contributed by atoms with Crippen molar-refractivity contribution < 1.29 is 33.3 Å². The van der Waals surface area contributed by atoms with Crippen molar-refractivity contribution in [2.75, 3.05) is 33.9 Å². The molecule has 0 radical (unpaired) electrons. The molecule has 186 valence electrons. The number of esters is 2. The average molecular weight is 467 g/mol. The van der Waals surface area contributed by atoms with Crippen LogP contribution in [0.5, 0.6) is 5.75 Å². The summed E-state index contributed by atoms with van der Waals surface area (Å²) in [7, 11) is 2.62. The number of hydrogen-bond donors (Lipinski definition) is 2. The monoisotopic (exact) mass is 466 g/mol. The molecule has 0 atom stereocenters. The standard InChI is InChI=1S/C24H38N2O7/c1-24(2,3)33-23(29)26-13-7-6-8-18-9-11-20(12-10-18)32-15-14-25-19(16-21(27)30-4)17-22(28)31-5/h9-12,19,25H,6-8,13-17H2,1-5H3,(H,26,29). The Bertz CT molecular complexity index is 711. The molecular weight excluding hydrogens is 428 g/mol. The number of nitrogens with one attached hydrogen (secondary N) is 2. The largest absolute Gasteiger partial charge is 0.492 e. The molecule has 2 N–H and O–H groups in total. The van der Waals surface area contributed by atoms with Gasteiger partial charge in [0.1, 0.15) is 18.0 Å². The van der Waals surface area contributed by atoms with E-state index in [0.29, 0.717) is 19.7 Å². The molecule has 0 saturated heterocycles. The van der Waals surface area contributed by atoms with E-state index in [-0.39, 0.29) is 25.0 Å². The van der Waals surface area contributed by atoms with E-state index < -0.39 is 17.5 Å². The summed E-state index contributed by atoms with van der Waals surface area (Å²) in [6, 6.07) is 7.48. The average Bonchev–Trinajstić information content (AvgIpc) is 2.75. The van der Waals surface area contributed by atoms with Crippen LogP contribution in [0.15, 0.2) is 24.3 Å². The lowest BCUT2D eigenvalue weighted by Gasteiger charge is -2.19. The van der Waals surface area contributed by atoms with Gasteiger partial charge in [0.2, 0.25) is 0 Å². The van der Waals surface area contributed by atoms with Crippen LogP contribution in [0.3, 0.4) is 0 Å². The Balaban J connectivity index is 2.27. The molecule has 9 nitrogen and oxygen atoms in total. The van der Waals surface area contributed by atoms with Crippen molar-refractivity contribution in [3.05, 3.63) is 29.8 Å². The molecule has 0 heterocycles. The number of amides is 1. The quantitative estimate of drug-likeness (QED) is 0.244. The van der Waals surface area contributed by atoms with Gasteiger partial charge in [-0.25, -0.2) is 4.79 Å². The molecule has 0 aliphatic heterocycles. The van der Waals surface area contributed by atoms with Gasteiger partial charge in [0, 0.05) is 19.1 Å². The minimum Gasteiger partial charge on any atom is -0.492 e. The van der Waals surface area contributed by atoms with Crippen LogP contribution in [0.4, 0.5) is 4.79 Å². The predicted molar refractivity (Wildman–Crippen MR) is 124 cm³/mol. The first kappa shape index (κ1) is 28.2. The third kappa shape index (κ3) is 14.1. The summed E-state index contributed by atoms with van der Waals surface area (Å²) in [5.74, 6) is -0.0494. The first-order valence-electron chi connectivity index (χ1n) is 11.2. The van der Waals surface area contributed by atoms with E-state index in [2.05, 4.69) is 20.1 Å². The Kier molecular flexibility index (Phi) is 12.9. The van der Waals surface area contributed by atoms with Gasteiger partial charge in [-0.15, -0.1) is 0 Å². The lowest BCUT2D eigenvalue weighted by Crippen LogP contribution is -2.36. The molecule has 1 amide bonds. The minimum absolute atomic E-state index is 0.0770. The van der Waals surface area contributed by atoms with E-state index in [1.165, 1.54) is 19.8 Å². The molecule has 1 aromatic rings. The van der Waals surface area contributed by atoms with Gasteiger partial charge >= 0.3 is 18.0 Å². The van der Waals surface area contributed by atoms with Crippen molar-refractivity contribution in [3.63, 3.8) is 0 Å². The fourth-order valence-electron chi connectivity index (χ4n) is 2.93. The Morgan fingerprint density at radius 2 is 1.52 bits per heavy atom. The van der Waals surface area contributed by atoms with Crippen molar-refractivity contribution in [2.24, 2.45) is 0 Å². The van der Waals surface area contributed by atoms with Gasteiger partial charge in [0.15, 0.2) is 0 Å². The maximum atomic E-state index is 11.6. The van der Waals surface area contributed by atoms with Crippen LogP contribution in [0, 0.1) is 0 Å². The summed E-state index contributed by atoms with van der Waals surface area (Å²) in [6.07, 6.45) is 2.48. The second-order valence-electron chi connectivity index (χ2n) is 8.59. The van der Waals surface area contributed by atoms with Crippen LogP contribution >= 0.6 is 0 Å². The summed E-state index contributed by atoms with van der Waals surface area (Å²) >= 11 is 0. The number of ether oxygens (including phenoxy) is 4. The fraction of sp³-hybridized carbons (Fsp3) is 0.625. The third-order valence-electron chi connectivity index (χ3n) is 4.57. The molecular formula is C24H38N2O7. The number of rotatable bonds is 14. The number of unbranched alkanes of at least 4 members (excludes halogenated alkanes) is 1. The van der Waals surface area contributed by atoms with E-state index in [0.717, 1.165) is 25.0 Å². The summed E-state index contributed by atoms with van der Waals surface area (Å²) in [6.45, 7) is 6.94. The van der Waals surface area contributed by atoms with E-state index >= 15 is 0 Å². The first-order valence-corrected chi connectivity index (χ1v) is 11.2. The van der Waals surface area contributed by atoms with Gasteiger partial charge in [0.05, 0.1) is 27.1 Å². The molecule has 0 spiro atoms. The van der Waals surface area contributed by atoms with Crippen LogP contribution in [0.2, 0.25) is 0 Å². The summed E-state index contributed by atoms with van der Waals surface area (Å²) in [5.41, 5.74) is 0.701. The van der Waals surface area contributed by atoms with Crippen molar-refractivity contribution in [3.8, 4) is 5.75 Å². The van der Waals surface area contributed by atoms with Crippen LogP contribution in [0.1, 0.15) is 52.0 Å². The molecule has 0 aliphatic carbocycles. The van der Waals surface area contributed by atoms with Gasteiger partial charge in [-0.3, -0.25) is 9.59 Å². The number of hydrogen-bond acceptors (Lipinski definition) is 8. The predicted octanol–water partition coefficient (Wildman–Crippen LogP) is 3.00. The van der Waals surface area contributed by atoms with E-state index in [1.807, 2.05) is 45.0 Å². The van der Waals surface area contributed by atoms with E-state index in [1.54, 1.807) is 0 Å². The first-order chi connectivity index (χ1) is 15.6. The number of methoxy groups -OCH3 is 2. The molecule has 1 rings (SSSR count). The SMILES string of the molecule is COC(=O)CC(CC(=O)OC)NCCOc1ccc(CCCCNC(=O)OC(C)(C)C)cc1. The molecule has 0 unspecified atom stereocenters. The Hall–Kier alpha value is -2.81. The zero-order valence-corrected chi connectivity index (χ0v) is 20.4. The molecule has 0 saturated carbocycles. The van der Waals surface area contributed by atoms with Crippen LogP contribution in [-0.2, 0) is 30.2 Å². The molecule has 0 fully saturated rings. The maximum Gasteiger partial charge on any atom is 0.407 e. The second-order valence-corrected chi connectivity index (χ2v) is 8.59. The highest BCUT2D eigenvalue weighted by molar-refractivity contribution is 5.73. The van der Waals surface area contributed by atoms with Crippen LogP contribution in [-0.4, -0.2) is 63.6 Å². The highest BCUT2D eigenvalue weighted by Gasteiger charge is 2.18. The van der Waals surface area contributed by atoms with Crippen molar-refractivity contribution >= 4 is 18.0 Å². The van der Waals surface area contributed by atoms with Crippen molar-refractivity contribution in [1.82, 2.24) is 10.6 Å². The second kappa shape index (κ2) is 15.1. The van der Waals surface area contributed by atoms with Gasteiger partial charge < -0.3 is 29.6 Å². The molecule has 0 aromatic heterocycles. The van der Waals surface area contributed by atoms with Gasteiger partial charge in [-0.2, -0.15) is 0 Å². The van der Waals surface area contributed by atoms with Gasteiger partial charge in [-0.05, 0) is 57.7 Å². The third-order valence-corrected chi connectivity index (χ3v) is 4.57. The molecule has 0 bridgehead atoms. The molecule has 33 heavy (non-hydrogen) atoms. The zero-order chi connectivity index (χ0) is 24.7. The topological polar surface area (TPSA) is 112 Å². The highest BCUT2D eigenvalue weighted by atomic mass is 16.6. The Labute approximate surface area is 196 Å². The lowest BCUT2D eigenvalue weighted by atomic mass is 10.1. The van der Waals surface area contributed by atoms with E-state index in [9.17, 15) is 14.4 Å². The number of carbonyl (C=O) groups is 3. The lowest BCUT2D eigenvalue weighted by molar-refractivity contribution is -0.143. The van der Waals surface area contributed by atoms with Crippen LogP contribution < -0.4 is 15.4 Å². The summed E-state index contributed by atoms with van der Waals surface area (Å²) < 4.78 is 20.3. The Morgan fingerprint density at radius 1 is 0.909 bits per heavy atom. The van der Waals surface area contributed by atoms with Crippen molar-refractivity contribution in [1.29, 1.82) is 0 Å². The molecule has 9 heteroatoms. The molecule has 0 aliphatic rings. The summed E-state index contributed by atoms with van der Waals surface area (Å²) in [4.78, 5) is 34.6. The Morgan fingerprint density at radius 3 is 2.06 bits per heavy atom. The zero-order valence-electron chi connectivity index (χ0n) is 20.4. The van der Waals surface area contributed by atoms with Gasteiger partial charge in [-0.1, -0.05) is 12.1 Å².